The summed E-state index contributed by atoms with van der Waals surface area (Å²) < 4.78 is 26.1. The van der Waals surface area contributed by atoms with Crippen molar-refractivity contribution in [1.82, 2.24) is 15.2 Å². The van der Waals surface area contributed by atoms with Crippen LogP contribution in [-0.4, -0.2) is 34.8 Å². The number of thiazole rings is 1. The van der Waals surface area contributed by atoms with E-state index in [9.17, 15) is 18.4 Å². The Morgan fingerprint density at radius 3 is 2.89 bits per heavy atom. The normalized spacial score (nSPS) is 17.0. The van der Waals surface area contributed by atoms with Gasteiger partial charge in [-0.05, 0) is 42.9 Å². The molecule has 1 aliphatic rings. The van der Waals surface area contributed by atoms with Gasteiger partial charge in [-0.1, -0.05) is 6.07 Å². The van der Waals surface area contributed by atoms with Crippen molar-refractivity contribution < 1.29 is 18.4 Å². The van der Waals surface area contributed by atoms with E-state index < -0.39 is 11.6 Å². The lowest BCUT2D eigenvalue weighted by atomic mass is 9.93. The molecule has 8 heteroatoms. The van der Waals surface area contributed by atoms with E-state index in [2.05, 4.69) is 10.3 Å². The molecule has 0 radical (unpaired) electrons. The Labute approximate surface area is 160 Å². The molecule has 2 heterocycles. The van der Waals surface area contributed by atoms with Gasteiger partial charge in [0.15, 0.2) is 11.6 Å². The lowest BCUT2D eigenvalue weighted by Crippen LogP contribution is -2.40. The number of amides is 2. The molecule has 0 unspecified atom stereocenters. The van der Waals surface area contributed by atoms with Crippen LogP contribution >= 0.6 is 11.3 Å². The molecule has 0 saturated carbocycles. The number of carbonyl (C=O) groups is 2. The van der Waals surface area contributed by atoms with Crippen molar-refractivity contribution in [3.05, 3.63) is 52.0 Å². The summed E-state index contributed by atoms with van der Waals surface area (Å²) in [5.74, 6) is -1.67. The third-order valence-electron chi connectivity index (χ3n) is 4.70. The quantitative estimate of drug-likeness (QED) is 0.819. The van der Waals surface area contributed by atoms with Crippen molar-refractivity contribution in [1.29, 1.82) is 0 Å². The van der Waals surface area contributed by atoms with Crippen LogP contribution in [0.25, 0.3) is 0 Å². The van der Waals surface area contributed by atoms with E-state index in [1.54, 1.807) is 11.7 Å². The number of nitrogens with zero attached hydrogens (tertiary/aromatic N) is 2. The minimum Gasteiger partial charge on any atom is -0.352 e. The lowest BCUT2D eigenvalue weighted by molar-refractivity contribution is -0.121. The molecule has 5 nitrogen and oxygen atoms in total. The zero-order chi connectivity index (χ0) is 19.2. The van der Waals surface area contributed by atoms with Gasteiger partial charge >= 0.3 is 0 Å². The van der Waals surface area contributed by atoms with Gasteiger partial charge in [-0.15, -0.1) is 11.3 Å². The Hall–Kier alpha value is -2.35. The fourth-order valence-corrected chi connectivity index (χ4v) is 3.82. The molecule has 0 aliphatic carbocycles. The largest absolute Gasteiger partial charge is 0.352 e. The average molecular weight is 393 g/mol. The third kappa shape index (κ3) is 5.32. The van der Waals surface area contributed by atoms with Gasteiger partial charge in [-0.3, -0.25) is 14.6 Å². The molecule has 2 amide bonds. The van der Waals surface area contributed by atoms with E-state index in [-0.39, 0.29) is 24.3 Å². The predicted molar refractivity (Wildman–Crippen MR) is 98.2 cm³/mol. The molecular formula is C19H21F2N3O2S. The molecular weight excluding hydrogens is 372 g/mol. The van der Waals surface area contributed by atoms with Gasteiger partial charge in [0.05, 0.1) is 11.7 Å². The average Bonchev–Trinajstić information content (AvgIpc) is 3.21. The van der Waals surface area contributed by atoms with Crippen LogP contribution in [0, 0.1) is 17.6 Å². The van der Waals surface area contributed by atoms with E-state index in [4.69, 9.17) is 0 Å². The highest BCUT2D eigenvalue weighted by Crippen LogP contribution is 2.23. The van der Waals surface area contributed by atoms with Crippen LogP contribution in [0.4, 0.5) is 8.78 Å². The van der Waals surface area contributed by atoms with Crippen LogP contribution in [0.2, 0.25) is 0 Å². The Bertz CT molecular complexity index is 798. The number of hydrogen-bond donors (Lipinski definition) is 1. The summed E-state index contributed by atoms with van der Waals surface area (Å²) in [7, 11) is 0. The highest BCUT2D eigenvalue weighted by molar-refractivity contribution is 7.11. The van der Waals surface area contributed by atoms with Crippen molar-refractivity contribution in [3.63, 3.8) is 0 Å². The van der Waals surface area contributed by atoms with Crippen LogP contribution in [0.15, 0.2) is 29.9 Å². The summed E-state index contributed by atoms with van der Waals surface area (Å²) in [5, 5.41) is 2.73. The molecule has 1 atom stereocenters. The smallest absolute Gasteiger partial charge is 0.265 e. The molecule has 3 rings (SSSR count). The highest BCUT2D eigenvalue weighted by Gasteiger charge is 2.25. The molecule has 2 aromatic rings. The van der Waals surface area contributed by atoms with Gasteiger partial charge in [-0.25, -0.2) is 8.78 Å². The zero-order valence-electron chi connectivity index (χ0n) is 14.8. The number of carbonyl (C=O) groups excluding carboxylic acids is 2. The van der Waals surface area contributed by atoms with E-state index >= 15 is 0 Å². The number of benzene rings is 1. The maximum atomic E-state index is 13.2. The standard InChI is InChI=1S/C19H21F2N3O2S/c20-15-5-3-14(8-16(15)21)9-23-18(25)6-4-13-2-1-7-24(11-13)19(26)17-10-22-12-27-17/h3,5,8,10,12-13H,1-2,4,6-7,9,11H2,(H,23,25)/t13-/m1/s1. The molecule has 1 fully saturated rings. The molecule has 1 aromatic carbocycles. The summed E-state index contributed by atoms with van der Waals surface area (Å²) in [6.45, 7) is 1.54. The van der Waals surface area contributed by atoms with Crippen LogP contribution in [0.3, 0.4) is 0 Å². The van der Waals surface area contributed by atoms with Crippen LogP contribution < -0.4 is 5.32 Å². The predicted octanol–water partition coefficient (Wildman–Crippen LogP) is 3.37. The minimum atomic E-state index is -0.922. The van der Waals surface area contributed by atoms with Crippen molar-refractivity contribution in [3.8, 4) is 0 Å². The Kier molecular flexibility index (Phi) is 6.49. The van der Waals surface area contributed by atoms with Crippen LogP contribution in [-0.2, 0) is 11.3 Å². The van der Waals surface area contributed by atoms with Crippen LogP contribution in [0.1, 0.15) is 40.9 Å². The fraction of sp³-hybridized carbons (Fsp3) is 0.421. The van der Waals surface area contributed by atoms with E-state index in [0.29, 0.717) is 29.8 Å². The maximum Gasteiger partial charge on any atom is 0.265 e. The molecule has 1 saturated heterocycles. The Balaban J connectivity index is 1.43. The second-order valence-corrected chi connectivity index (χ2v) is 7.58. The number of aromatic nitrogens is 1. The molecule has 27 heavy (non-hydrogen) atoms. The number of hydrogen-bond acceptors (Lipinski definition) is 4. The zero-order valence-corrected chi connectivity index (χ0v) is 15.6. The third-order valence-corrected chi connectivity index (χ3v) is 5.46. The van der Waals surface area contributed by atoms with E-state index in [1.165, 1.54) is 17.4 Å². The number of likely N-dealkylation sites (tertiary alicyclic amines) is 1. The Morgan fingerprint density at radius 1 is 1.30 bits per heavy atom. The van der Waals surface area contributed by atoms with E-state index in [0.717, 1.165) is 31.5 Å². The monoisotopic (exact) mass is 393 g/mol. The molecule has 1 aromatic heterocycles. The summed E-state index contributed by atoms with van der Waals surface area (Å²) in [6, 6.07) is 3.58. The van der Waals surface area contributed by atoms with Crippen molar-refractivity contribution >= 4 is 23.2 Å². The van der Waals surface area contributed by atoms with E-state index in [1.807, 2.05) is 4.90 Å². The molecule has 1 N–H and O–H groups in total. The molecule has 1 aliphatic heterocycles. The number of rotatable bonds is 6. The topological polar surface area (TPSA) is 62.3 Å². The van der Waals surface area contributed by atoms with Crippen LogP contribution in [0.5, 0.6) is 0 Å². The maximum absolute atomic E-state index is 13.2. The van der Waals surface area contributed by atoms with Crippen molar-refractivity contribution in [2.75, 3.05) is 13.1 Å². The summed E-state index contributed by atoms with van der Waals surface area (Å²) in [5.41, 5.74) is 2.16. The first-order valence-electron chi connectivity index (χ1n) is 8.91. The molecule has 144 valence electrons. The van der Waals surface area contributed by atoms with Gasteiger partial charge in [0.2, 0.25) is 5.91 Å². The molecule has 0 spiro atoms. The van der Waals surface area contributed by atoms with Gasteiger partial charge in [0.1, 0.15) is 4.88 Å². The summed E-state index contributed by atoms with van der Waals surface area (Å²) in [6.07, 6.45) is 4.53. The van der Waals surface area contributed by atoms with Crippen molar-refractivity contribution in [2.45, 2.75) is 32.2 Å². The first-order chi connectivity index (χ1) is 13.0. The number of piperidine rings is 1. The summed E-state index contributed by atoms with van der Waals surface area (Å²) in [4.78, 5) is 30.9. The number of nitrogens with one attached hydrogen (secondary N) is 1. The SMILES string of the molecule is O=C(CC[C@H]1CCCN(C(=O)c2cncs2)C1)NCc1ccc(F)c(F)c1. The summed E-state index contributed by atoms with van der Waals surface area (Å²) >= 11 is 1.33. The van der Waals surface area contributed by atoms with Crippen molar-refractivity contribution in [2.24, 2.45) is 5.92 Å². The van der Waals surface area contributed by atoms with Gasteiger partial charge in [0, 0.05) is 26.1 Å². The first kappa shape index (κ1) is 19.4. The first-order valence-corrected chi connectivity index (χ1v) is 9.79. The highest BCUT2D eigenvalue weighted by atomic mass is 32.1. The Morgan fingerprint density at radius 2 is 2.15 bits per heavy atom. The van der Waals surface area contributed by atoms with Gasteiger partial charge in [-0.2, -0.15) is 0 Å². The molecule has 0 bridgehead atoms. The lowest BCUT2D eigenvalue weighted by Gasteiger charge is -2.32. The second-order valence-electron chi connectivity index (χ2n) is 6.69. The minimum absolute atomic E-state index is 0.00462. The second kappa shape index (κ2) is 9.03. The van der Waals surface area contributed by atoms with Gasteiger partial charge in [0.25, 0.3) is 5.91 Å². The fourth-order valence-electron chi connectivity index (χ4n) is 3.24. The van der Waals surface area contributed by atoms with Gasteiger partial charge < -0.3 is 10.2 Å². The number of halogens is 2.